The molecule has 0 unspecified atom stereocenters. The van der Waals surface area contributed by atoms with Gasteiger partial charge in [0, 0.05) is 19.2 Å². The highest BCUT2D eigenvalue weighted by Gasteiger charge is 2.48. The van der Waals surface area contributed by atoms with E-state index in [1.807, 2.05) is 17.8 Å². The Bertz CT molecular complexity index is 433. The molecule has 92 valence electrons. The number of nitrogens with one attached hydrogen (secondary N) is 3. The number of aromatic nitrogens is 2. The lowest BCUT2D eigenvalue weighted by Crippen LogP contribution is -2.45. The number of anilines is 1. The summed E-state index contributed by atoms with van der Waals surface area (Å²) in [5.74, 6) is 0.844. The summed E-state index contributed by atoms with van der Waals surface area (Å²) in [6, 6.07) is 2.21. The number of likely N-dealkylation sites (N-methyl/N-ethyl adjacent to an activating group) is 1. The van der Waals surface area contributed by atoms with E-state index in [0.717, 1.165) is 31.7 Å². The molecule has 17 heavy (non-hydrogen) atoms. The maximum Gasteiger partial charge on any atom is 0.245 e. The first-order valence-electron chi connectivity index (χ1n) is 6.00. The molecule has 1 aliphatic heterocycles. The predicted octanol–water partition coefficient (Wildman–Crippen LogP) is -0.282. The molecule has 3 N–H and O–H groups in total. The monoisotopic (exact) mass is 235 g/mol. The molecule has 0 atom stereocenters. The molecule has 0 spiro atoms. The van der Waals surface area contributed by atoms with Crippen LogP contribution in [0, 0.1) is 0 Å². The Hall–Kier alpha value is -1.40. The van der Waals surface area contributed by atoms with Crippen molar-refractivity contribution in [3.8, 4) is 0 Å². The summed E-state index contributed by atoms with van der Waals surface area (Å²) in [5, 5.41) is 13.5. The number of nitrogens with zero attached hydrogens (tertiary/aromatic N) is 2. The van der Waals surface area contributed by atoms with Crippen molar-refractivity contribution in [2.45, 2.75) is 24.4 Å². The minimum absolute atomic E-state index is 0.0500. The van der Waals surface area contributed by atoms with Gasteiger partial charge in [-0.25, -0.2) is 4.68 Å². The normalized spacial score (nSPS) is 21.9. The largest absolute Gasteiger partial charge is 0.312 e. The van der Waals surface area contributed by atoms with Crippen LogP contribution in [0.2, 0.25) is 0 Å². The molecule has 0 radical (unpaired) electrons. The van der Waals surface area contributed by atoms with Crippen LogP contribution in [-0.4, -0.2) is 41.4 Å². The Morgan fingerprint density at radius 2 is 2.35 bits per heavy atom. The van der Waals surface area contributed by atoms with E-state index in [0.29, 0.717) is 6.04 Å². The van der Waals surface area contributed by atoms with Crippen LogP contribution < -0.4 is 16.0 Å². The molecule has 1 aromatic rings. The van der Waals surface area contributed by atoms with Crippen molar-refractivity contribution in [1.82, 2.24) is 20.4 Å². The van der Waals surface area contributed by atoms with Crippen molar-refractivity contribution in [2.24, 2.45) is 0 Å². The summed E-state index contributed by atoms with van der Waals surface area (Å²) >= 11 is 0. The van der Waals surface area contributed by atoms with Crippen LogP contribution in [0.4, 0.5) is 5.82 Å². The molecule has 3 rings (SSSR count). The van der Waals surface area contributed by atoms with Crippen LogP contribution in [0.15, 0.2) is 12.3 Å². The highest BCUT2D eigenvalue weighted by Crippen LogP contribution is 2.36. The first-order valence-corrected chi connectivity index (χ1v) is 6.00. The van der Waals surface area contributed by atoms with Crippen LogP contribution in [-0.2, 0) is 4.79 Å². The number of carbonyl (C=O) groups is 1. The molecule has 0 aromatic carbocycles. The van der Waals surface area contributed by atoms with E-state index in [1.165, 1.54) is 0 Å². The Morgan fingerprint density at radius 1 is 1.59 bits per heavy atom. The average Bonchev–Trinajstić information content (AvgIpc) is 2.95. The highest BCUT2D eigenvalue weighted by atomic mass is 16.2. The summed E-state index contributed by atoms with van der Waals surface area (Å²) in [5.41, 5.74) is -0.340. The molecule has 1 aromatic heterocycles. The van der Waals surface area contributed by atoms with Gasteiger partial charge in [-0.05, 0) is 19.9 Å². The minimum Gasteiger partial charge on any atom is -0.312 e. The van der Waals surface area contributed by atoms with Crippen molar-refractivity contribution >= 4 is 11.7 Å². The van der Waals surface area contributed by atoms with Gasteiger partial charge in [-0.2, -0.15) is 5.10 Å². The van der Waals surface area contributed by atoms with Crippen LogP contribution in [0.25, 0.3) is 0 Å². The molecule has 1 saturated heterocycles. The zero-order valence-electron chi connectivity index (χ0n) is 9.86. The maximum atomic E-state index is 12.1. The van der Waals surface area contributed by atoms with Crippen molar-refractivity contribution in [3.05, 3.63) is 12.3 Å². The Balaban J connectivity index is 1.72. The second-order valence-corrected chi connectivity index (χ2v) is 4.76. The smallest absolute Gasteiger partial charge is 0.245 e. The van der Waals surface area contributed by atoms with Gasteiger partial charge >= 0.3 is 0 Å². The van der Waals surface area contributed by atoms with Gasteiger partial charge in [-0.3, -0.25) is 4.79 Å². The maximum absolute atomic E-state index is 12.1. The van der Waals surface area contributed by atoms with Gasteiger partial charge in [-0.1, -0.05) is 0 Å². The molecular weight excluding hydrogens is 218 g/mol. The first kappa shape index (κ1) is 10.7. The molecule has 2 fully saturated rings. The fourth-order valence-corrected chi connectivity index (χ4v) is 2.10. The summed E-state index contributed by atoms with van der Waals surface area (Å²) in [6.07, 6.45) is 3.55. The molecule has 1 amide bonds. The number of rotatable bonds is 4. The first-order chi connectivity index (χ1) is 8.25. The lowest BCUT2D eigenvalue weighted by molar-refractivity contribution is -0.119. The van der Waals surface area contributed by atoms with E-state index >= 15 is 0 Å². The van der Waals surface area contributed by atoms with Crippen molar-refractivity contribution in [2.75, 3.05) is 25.5 Å². The summed E-state index contributed by atoms with van der Waals surface area (Å²) in [7, 11) is 1.83. The third-order valence-corrected chi connectivity index (χ3v) is 3.68. The lowest BCUT2D eigenvalue weighted by Gasteiger charge is -2.29. The predicted molar refractivity (Wildman–Crippen MR) is 63.8 cm³/mol. The fraction of sp³-hybridized carbons (Fsp3) is 0.636. The second kappa shape index (κ2) is 3.82. The molecule has 1 aliphatic carbocycles. The van der Waals surface area contributed by atoms with Gasteiger partial charge in [0.2, 0.25) is 5.91 Å². The van der Waals surface area contributed by atoms with Crippen molar-refractivity contribution in [1.29, 1.82) is 0 Å². The lowest BCUT2D eigenvalue weighted by atomic mass is 10.2. The van der Waals surface area contributed by atoms with E-state index in [4.69, 9.17) is 0 Å². The highest BCUT2D eigenvalue weighted by molar-refractivity contribution is 5.99. The van der Waals surface area contributed by atoms with Crippen LogP contribution in [0.5, 0.6) is 0 Å². The summed E-state index contributed by atoms with van der Waals surface area (Å²) in [6.45, 7) is 1.84. The van der Waals surface area contributed by atoms with Gasteiger partial charge < -0.3 is 16.0 Å². The van der Waals surface area contributed by atoms with Crippen molar-refractivity contribution < 1.29 is 4.79 Å². The van der Waals surface area contributed by atoms with Gasteiger partial charge in [0.05, 0.1) is 17.8 Å². The second-order valence-electron chi connectivity index (χ2n) is 4.76. The number of amides is 1. The Morgan fingerprint density at radius 3 is 2.88 bits per heavy atom. The SMILES string of the molecule is CNC1(C(=O)Nc2ccnn2C2CNC2)CC1. The minimum atomic E-state index is -0.340. The van der Waals surface area contributed by atoms with Gasteiger partial charge in [0.1, 0.15) is 5.82 Å². The summed E-state index contributed by atoms with van der Waals surface area (Å²) in [4.78, 5) is 12.1. The third kappa shape index (κ3) is 1.73. The van der Waals surface area contributed by atoms with E-state index in [9.17, 15) is 4.79 Å². The van der Waals surface area contributed by atoms with Gasteiger partial charge in [0.15, 0.2) is 0 Å². The van der Waals surface area contributed by atoms with Crippen LogP contribution in [0.1, 0.15) is 18.9 Å². The van der Waals surface area contributed by atoms with E-state index in [2.05, 4.69) is 21.0 Å². The molecule has 0 bridgehead atoms. The van der Waals surface area contributed by atoms with Crippen LogP contribution >= 0.6 is 0 Å². The molecule has 2 aliphatic rings. The number of hydrogen-bond acceptors (Lipinski definition) is 4. The quantitative estimate of drug-likeness (QED) is 0.671. The number of carbonyl (C=O) groups excluding carboxylic acids is 1. The third-order valence-electron chi connectivity index (χ3n) is 3.68. The van der Waals surface area contributed by atoms with Gasteiger partial charge in [-0.15, -0.1) is 0 Å². The molecule has 2 heterocycles. The molecule has 6 heteroatoms. The molecular formula is C11H17N5O. The van der Waals surface area contributed by atoms with E-state index in [-0.39, 0.29) is 11.4 Å². The van der Waals surface area contributed by atoms with Gasteiger partial charge in [0.25, 0.3) is 0 Å². The fourth-order valence-electron chi connectivity index (χ4n) is 2.10. The molecule has 6 nitrogen and oxygen atoms in total. The zero-order chi connectivity index (χ0) is 11.9. The van der Waals surface area contributed by atoms with E-state index in [1.54, 1.807) is 6.20 Å². The van der Waals surface area contributed by atoms with Crippen LogP contribution in [0.3, 0.4) is 0 Å². The Kier molecular flexibility index (Phi) is 2.41. The zero-order valence-corrected chi connectivity index (χ0v) is 9.86. The summed E-state index contributed by atoms with van der Waals surface area (Å²) < 4.78 is 1.89. The topological polar surface area (TPSA) is 71.0 Å². The Labute approximate surface area is 99.8 Å². The van der Waals surface area contributed by atoms with Crippen molar-refractivity contribution in [3.63, 3.8) is 0 Å². The van der Waals surface area contributed by atoms with E-state index < -0.39 is 0 Å². The molecule has 1 saturated carbocycles. The average molecular weight is 235 g/mol. The number of hydrogen-bond donors (Lipinski definition) is 3. The standard InChI is InChI=1S/C11H17N5O/c1-12-11(3-4-11)10(17)15-9-2-5-14-16(9)8-6-13-7-8/h2,5,8,12-13H,3-4,6-7H2,1H3,(H,15,17).